The van der Waals surface area contributed by atoms with Gasteiger partial charge in [-0.3, -0.25) is 0 Å². The van der Waals surface area contributed by atoms with Crippen molar-refractivity contribution in [3.63, 3.8) is 0 Å². The van der Waals surface area contributed by atoms with Gasteiger partial charge in [0.2, 0.25) is 0 Å². The zero-order valence-electron chi connectivity index (χ0n) is 9.22. The van der Waals surface area contributed by atoms with Crippen LogP contribution in [0.25, 0.3) is 0 Å². The molecule has 0 saturated heterocycles. The lowest BCUT2D eigenvalue weighted by Crippen LogP contribution is -2.06. The molecule has 1 aliphatic rings. The van der Waals surface area contributed by atoms with E-state index in [-0.39, 0.29) is 0 Å². The zero-order valence-corrected chi connectivity index (χ0v) is 9.22. The Morgan fingerprint density at radius 1 is 1.46 bits per heavy atom. The van der Waals surface area contributed by atoms with Crippen LogP contribution >= 0.6 is 0 Å². The molecule has 1 aliphatic carbocycles. The van der Waals surface area contributed by atoms with E-state index in [1.165, 1.54) is 18.4 Å². The second-order valence-electron chi connectivity index (χ2n) is 4.09. The molecular formula is C12H21N. The van der Waals surface area contributed by atoms with E-state index in [0.717, 1.165) is 11.8 Å². The average Bonchev–Trinajstić information content (AvgIpc) is 2.48. The van der Waals surface area contributed by atoms with Gasteiger partial charge in [-0.05, 0) is 48.9 Å². The molecule has 0 bridgehead atoms. The maximum Gasteiger partial charge on any atom is 0.00278 e. The van der Waals surface area contributed by atoms with E-state index < -0.39 is 0 Å². The number of allylic oxidation sites excluding steroid dienone is 3. The standard InChI is InChI=1S/C12H21N/c1-5-11-10(8-13-4)6-7-12(11)9(2)3/h5,8-9,12-13H,6-7H2,1-4H3/b10-8-,11-5+. The minimum atomic E-state index is 0.772. The first-order valence-corrected chi connectivity index (χ1v) is 5.23. The molecule has 0 aromatic carbocycles. The van der Waals surface area contributed by atoms with Crippen LogP contribution < -0.4 is 5.32 Å². The SMILES string of the molecule is C/C=C1\C(=C/NC)CCC1C(C)C. The summed E-state index contributed by atoms with van der Waals surface area (Å²) >= 11 is 0. The fourth-order valence-corrected chi connectivity index (χ4v) is 2.27. The van der Waals surface area contributed by atoms with Crippen molar-refractivity contribution in [3.8, 4) is 0 Å². The third-order valence-corrected chi connectivity index (χ3v) is 2.93. The van der Waals surface area contributed by atoms with Crippen LogP contribution in [-0.4, -0.2) is 7.05 Å². The maximum absolute atomic E-state index is 3.13. The fraction of sp³-hybridized carbons (Fsp3) is 0.667. The smallest absolute Gasteiger partial charge is 0.00278 e. The molecule has 0 aromatic rings. The zero-order chi connectivity index (χ0) is 9.84. The Morgan fingerprint density at radius 2 is 2.15 bits per heavy atom. The van der Waals surface area contributed by atoms with E-state index in [1.54, 1.807) is 5.57 Å². The topological polar surface area (TPSA) is 12.0 Å². The predicted octanol–water partition coefficient (Wildman–Crippen LogP) is 3.10. The molecule has 1 unspecified atom stereocenters. The Hall–Kier alpha value is -0.720. The minimum absolute atomic E-state index is 0.772. The van der Waals surface area contributed by atoms with Crippen molar-refractivity contribution in [2.24, 2.45) is 11.8 Å². The Kier molecular flexibility index (Phi) is 3.58. The molecule has 1 fully saturated rings. The van der Waals surface area contributed by atoms with Crippen molar-refractivity contribution in [3.05, 3.63) is 23.4 Å². The van der Waals surface area contributed by atoms with E-state index in [2.05, 4.69) is 38.4 Å². The summed E-state index contributed by atoms with van der Waals surface area (Å²) < 4.78 is 0. The highest BCUT2D eigenvalue weighted by molar-refractivity contribution is 5.37. The second kappa shape index (κ2) is 4.50. The van der Waals surface area contributed by atoms with Gasteiger partial charge in [-0.15, -0.1) is 0 Å². The molecule has 1 N–H and O–H groups in total. The van der Waals surface area contributed by atoms with Crippen molar-refractivity contribution in [2.45, 2.75) is 33.6 Å². The van der Waals surface area contributed by atoms with Crippen molar-refractivity contribution in [2.75, 3.05) is 7.05 Å². The summed E-state index contributed by atoms with van der Waals surface area (Å²) in [6, 6.07) is 0. The lowest BCUT2D eigenvalue weighted by atomic mass is 9.90. The normalized spacial score (nSPS) is 29.2. The van der Waals surface area contributed by atoms with Gasteiger partial charge < -0.3 is 5.32 Å². The van der Waals surface area contributed by atoms with Crippen molar-refractivity contribution < 1.29 is 0 Å². The minimum Gasteiger partial charge on any atom is -0.394 e. The molecule has 1 nitrogen and oxygen atoms in total. The van der Waals surface area contributed by atoms with Crippen molar-refractivity contribution >= 4 is 0 Å². The van der Waals surface area contributed by atoms with Crippen LogP contribution in [0.3, 0.4) is 0 Å². The molecule has 1 heteroatoms. The third-order valence-electron chi connectivity index (χ3n) is 2.93. The molecule has 0 aliphatic heterocycles. The number of rotatable bonds is 2. The van der Waals surface area contributed by atoms with Crippen LogP contribution in [0.15, 0.2) is 23.4 Å². The molecule has 0 aromatic heterocycles. The van der Waals surface area contributed by atoms with Gasteiger partial charge in [-0.25, -0.2) is 0 Å². The first kappa shape index (κ1) is 10.4. The average molecular weight is 179 g/mol. The van der Waals surface area contributed by atoms with Crippen LogP contribution in [0.5, 0.6) is 0 Å². The van der Waals surface area contributed by atoms with Crippen LogP contribution in [0, 0.1) is 11.8 Å². The van der Waals surface area contributed by atoms with Gasteiger partial charge >= 0.3 is 0 Å². The Morgan fingerprint density at radius 3 is 2.62 bits per heavy atom. The number of hydrogen-bond donors (Lipinski definition) is 1. The van der Waals surface area contributed by atoms with Crippen LogP contribution in [0.1, 0.15) is 33.6 Å². The largest absolute Gasteiger partial charge is 0.394 e. The molecule has 0 spiro atoms. The predicted molar refractivity (Wildman–Crippen MR) is 58.5 cm³/mol. The van der Waals surface area contributed by atoms with Gasteiger partial charge in [-0.2, -0.15) is 0 Å². The maximum atomic E-state index is 3.13. The fourth-order valence-electron chi connectivity index (χ4n) is 2.27. The summed E-state index contributed by atoms with van der Waals surface area (Å²) in [5, 5.41) is 3.13. The lowest BCUT2D eigenvalue weighted by Gasteiger charge is -2.16. The molecular weight excluding hydrogens is 158 g/mol. The molecule has 74 valence electrons. The summed E-state index contributed by atoms with van der Waals surface area (Å²) in [4.78, 5) is 0. The molecule has 1 rings (SSSR count). The summed E-state index contributed by atoms with van der Waals surface area (Å²) in [6.07, 6.45) is 6.99. The van der Waals surface area contributed by atoms with Crippen molar-refractivity contribution in [1.29, 1.82) is 0 Å². The van der Waals surface area contributed by atoms with E-state index >= 15 is 0 Å². The van der Waals surface area contributed by atoms with Crippen LogP contribution in [0.2, 0.25) is 0 Å². The van der Waals surface area contributed by atoms with E-state index in [9.17, 15) is 0 Å². The van der Waals surface area contributed by atoms with E-state index in [4.69, 9.17) is 0 Å². The highest BCUT2D eigenvalue weighted by Crippen LogP contribution is 2.39. The summed E-state index contributed by atoms with van der Waals surface area (Å²) in [5.74, 6) is 1.55. The summed E-state index contributed by atoms with van der Waals surface area (Å²) in [5.41, 5.74) is 3.06. The molecule has 1 saturated carbocycles. The molecule has 0 heterocycles. The Balaban J connectivity index is 2.82. The molecule has 0 amide bonds. The molecule has 13 heavy (non-hydrogen) atoms. The number of nitrogens with one attached hydrogen (secondary N) is 1. The van der Waals surface area contributed by atoms with Gasteiger partial charge in [0.25, 0.3) is 0 Å². The summed E-state index contributed by atoms with van der Waals surface area (Å²) in [7, 11) is 1.98. The van der Waals surface area contributed by atoms with Gasteiger partial charge in [-0.1, -0.05) is 19.9 Å². The first-order valence-electron chi connectivity index (χ1n) is 5.23. The van der Waals surface area contributed by atoms with Gasteiger partial charge in [0.05, 0.1) is 0 Å². The van der Waals surface area contributed by atoms with E-state index in [1.807, 2.05) is 7.05 Å². The molecule has 0 radical (unpaired) electrons. The van der Waals surface area contributed by atoms with Gasteiger partial charge in [0.15, 0.2) is 0 Å². The summed E-state index contributed by atoms with van der Waals surface area (Å²) in [6.45, 7) is 6.78. The van der Waals surface area contributed by atoms with Crippen molar-refractivity contribution in [1.82, 2.24) is 5.32 Å². The highest BCUT2D eigenvalue weighted by Gasteiger charge is 2.26. The number of hydrogen-bond acceptors (Lipinski definition) is 1. The van der Waals surface area contributed by atoms with E-state index in [0.29, 0.717) is 0 Å². The third kappa shape index (κ3) is 2.15. The first-order chi connectivity index (χ1) is 6.20. The van der Waals surface area contributed by atoms with Gasteiger partial charge in [0.1, 0.15) is 0 Å². The van der Waals surface area contributed by atoms with Crippen LogP contribution in [0.4, 0.5) is 0 Å². The second-order valence-corrected chi connectivity index (χ2v) is 4.09. The van der Waals surface area contributed by atoms with Gasteiger partial charge in [0, 0.05) is 7.05 Å². The lowest BCUT2D eigenvalue weighted by molar-refractivity contribution is 0.452. The monoisotopic (exact) mass is 179 g/mol. The van der Waals surface area contributed by atoms with Crippen LogP contribution in [-0.2, 0) is 0 Å². The Labute approximate surface area is 81.9 Å². The highest BCUT2D eigenvalue weighted by atomic mass is 14.8. The Bertz CT molecular complexity index is 223. The molecule has 1 atom stereocenters. The quantitative estimate of drug-likeness (QED) is 0.687.